The van der Waals surface area contributed by atoms with Crippen LogP contribution >= 0.6 is 0 Å². The van der Waals surface area contributed by atoms with Gasteiger partial charge in [-0.2, -0.15) is 0 Å². The quantitative estimate of drug-likeness (QED) is 0.208. The van der Waals surface area contributed by atoms with E-state index < -0.39 is 17.5 Å². The van der Waals surface area contributed by atoms with Crippen molar-refractivity contribution in [1.82, 2.24) is 0 Å². The van der Waals surface area contributed by atoms with Gasteiger partial charge in [-0.15, -0.1) is 0 Å². The first-order valence-corrected chi connectivity index (χ1v) is 11.3. The minimum atomic E-state index is -0.904. The molecule has 0 N–H and O–H groups in total. The lowest BCUT2D eigenvalue weighted by Gasteiger charge is -2.06. The van der Waals surface area contributed by atoms with Gasteiger partial charge in [-0.1, -0.05) is 74.4 Å². The van der Waals surface area contributed by atoms with Crippen LogP contribution < -0.4 is 0 Å². The molecule has 0 aromatic heterocycles. The summed E-state index contributed by atoms with van der Waals surface area (Å²) in [5.74, 6) is 3.59. The molecule has 0 unspecified atom stereocenters. The summed E-state index contributed by atoms with van der Waals surface area (Å²) in [5, 5.41) is 1.13. The van der Waals surface area contributed by atoms with Gasteiger partial charge in [0.1, 0.15) is 5.82 Å². The standard InChI is InChI=1S/C30H25F3/c1-2-3-4-5-6-21-7-11-23(12-8-21)25-16-15-24(28(31)18-25)13-9-22-10-14-26-19-29(32)30(33)20-27(26)17-22/h7-8,10-12,14-20H,2-6H2,1H3. The summed E-state index contributed by atoms with van der Waals surface area (Å²) in [6.07, 6.45) is 6.01. The molecule has 0 aliphatic rings. The Hall–Kier alpha value is -3.51. The number of fused-ring (bicyclic) bond motifs is 1. The van der Waals surface area contributed by atoms with Crippen molar-refractivity contribution in [1.29, 1.82) is 0 Å². The van der Waals surface area contributed by atoms with E-state index in [2.05, 4.69) is 30.9 Å². The second-order valence-electron chi connectivity index (χ2n) is 8.28. The smallest absolute Gasteiger partial charge is 0.159 e. The third kappa shape index (κ3) is 5.65. The maximum atomic E-state index is 14.7. The van der Waals surface area contributed by atoms with E-state index in [1.807, 2.05) is 18.2 Å². The maximum absolute atomic E-state index is 14.7. The lowest BCUT2D eigenvalue weighted by Crippen LogP contribution is -1.89. The number of aryl methyl sites for hydroxylation is 1. The average molecular weight is 443 g/mol. The van der Waals surface area contributed by atoms with Gasteiger partial charge in [-0.25, -0.2) is 13.2 Å². The van der Waals surface area contributed by atoms with Crippen LogP contribution in [-0.4, -0.2) is 0 Å². The predicted molar refractivity (Wildman–Crippen MR) is 130 cm³/mol. The van der Waals surface area contributed by atoms with E-state index in [4.69, 9.17) is 0 Å². The van der Waals surface area contributed by atoms with Gasteiger partial charge in [0.05, 0.1) is 5.56 Å². The van der Waals surface area contributed by atoms with Crippen LogP contribution in [0.5, 0.6) is 0 Å². The molecular formula is C30H25F3. The Morgan fingerprint density at radius 3 is 2.06 bits per heavy atom. The topological polar surface area (TPSA) is 0 Å². The first-order valence-electron chi connectivity index (χ1n) is 11.3. The van der Waals surface area contributed by atoms with Crippen molar-refractivity contribution < 1.29 is 13.2 Å². The monoisotopic (exact) mass is 442 g/mol. The zero-order valence-electron chi connectivity index (χ0n) is 18.6. The van der Waals surface area contributed by atoms with Crippen molar-refractivity contribution >= 4 is 10.8 Å². The normalized spacial score (nSPS) is 10.8. The van der Waals surface area contributed by atoms with Gasteiger partial charge in [0.2, 0.25) is 0 Å². The van der Waals surface area contributed by atoms with Gasteiger partial charge in [0.25, 0.3) is 0 Å². The van der Waals surface area contributed by atoms with Crippen LogP contribution in [0, 0.1) is 29.3 Å². The van der Waals surface area contributed by atoms with E-state index >= 15 is 0 Å². The second-order valence-corrected chi connectivity index (χ2v) is 8.28. The summed E-state index contributed by atoms with van der Waals surface area (Å²) >= 11 is 0. The molecule has 0 bridgehead atoms. The maximum Gasteiger partial charge on any atom is 0.159 e. The molecular weight excluding hydrogens is 417 g/mol. The molecule has 33 heavy (non-hydrogen) atoms. The Kier molecular flexibility index (Phi) is 7.15. The van der Waals surface area contributed by atoms with E-state index in [0.717, 1.165) is 29.7 Å². The van der Waals surface area contributed by atoms with Crippen LogP contribution in [0.2, 0.25) is 0 Å². The van der Waals surface area contributed by atoms with Gasteiger partial charge in [0.15, 0.2) is 11.6 Å². The van der Waals surface area contributed by atoms with Crippen molar-refractivity contribution in [2.75, 3.05) is 0 Å². The largest absolute Gasteiger partial charge is 0.206 e. The molecule has 0 aliphatic carbocycles. The van der Waals surface area contributed by atoms with Crippen LogP contribution in [0.3, 0.4) is 0 Å². The molecule has 0 aliphatic heterocycles. The highest BCUT2D eigenvalue weighted by atomic mass is 19.2. The first-order chi connectivity index (χ1) is 16.0. The van der Waals surface area contributed by atoms with Crippen LogP contribution in [0.1, 0.15) is 49.3 Å². The molecule has 4 rings (SSSR count). The highest BCUT2D eigenvalue weighted by Gasteiger charge is 2.06. The number of unbranched alkanes of at least 4 members (excludes halogenated alkanes) is 3. The van der Waals surface area contributed by atoms with E-state index in [9.17, 15) is 13.2 Å². The zero-order chi connectivity index (χ0) is 23.2. The van der Waals surface area contributed by atoms with E-state index in [1.165, 1.54) is 37.3 Å². The van der Waals surface area contributed by atoms with Crippen molar-refractivity contribution in [2.45, 2.75) is 39.0 Å². The number of halogens is 3. The summed E-state index contributed by atoms with van der Waals surface area (Å²) in [6.45, 7) is 2.21. The summed E-state index contributed by atoms with van der Waals surface area (Å²) < 4.78 is 41.6. The number of hydrogen-bond acceptors (Lipinski definition) is 0. The van der Waals surface area contributed by atoms with Crippen LogP contribution in [0.25, 0.3) is 21.9 Å². The Bertz CT molecular complexity index is 1320. The minimum Gasteiger partial charge on any atom is -0.206 e. The Balaban J connectivity index is 1.49. The van der Waals surface area contributed by atoms with Gasteiger partial charge in [-0.3, -0.25) is 0 Å². The number of hydrogen-bond donors (Lipinski definition) is 0. The van der Waals surface area contributed by atoms with Crippen molar-refractivity contribution in [3.63, 3.8) is 0 Å². The molecule has 0 heterocycles. The summed E-state index contributed by atoms with van der Waals surface area (Å²) in [4.78, 5) is 0. The highest BCUT2D eigenvalue weighted by Crippen LogP contribution is 2.23. The Labute approximate surface area is 193 Å². The highest BCUT2D eigenvalue weighted by molar-refractivity contribution is 5.84. The first kappa shape index (κ1) is 22.7. The van der Waals surface area contributed by atoms with Crippen LogP contribution in [-0.2, 0) is 6.42 Å². The van der Waals surface area contributed by atoms with Gasteiger partial charge in [0, 0.05) is 5.56 Å². The second kappa shape index (κ2) is 10.4. The molecule has 4 aromatic rings. The van der Waals surface area contributed by atoms with Gasteiger partial charge in [-0.05, 0) is 76.7 Å². The third-order valence-corrected chi connectivity index (χ3v) is 5.80. The fourth-order valence-corrected chi connectivity index (χ4v) is 3.88. The van der Waals surface area contributed by atoms with Crippen molar-refractivity contribution in [3.05, 3.63) is 107 Å². The average Bonchev–Trinajstić information content (AvgIpc) is 2.82. The molecule has 0 saturated heterocycles. The van der Waals surface area contributed by atoms with E-state index in [1.54, 1.807) is 24.3 Å². The Morgan fingerprint density at radius 2 is 1.33 bits per heavy atom. The molecule has 0 spiro atoms. The fraction of sp³-hybridized carbons (Fsp3) is 0.200. The lowest BCUT2D eigenvalue weighted by atomic mass is 10.00. The van der Waals surface area contributed by atoms with Gasteiger partial charge < -0.3 is 0 Å². The molecule has 0 saturated carbocycles. The summed E-state index contributed by atoms with van der Waals surface area (Å²) in [5.41, 5.74) is 3.97. The molecule has 166 valence electrons. The molecule has 4 aromatic carbocycles. The fourth-order valence-electron chi connectivity index (χ4n) is 3.88. The van der Waals surface area contributed by atoms with E-state index in [-0.39, 0.29) is 5.56 Å². The molecule has 0 amide bonds. The molecule has 0 radical (unpaired) electrons. The molecule has 0 nitrogen and oxygen atoms in total. The minimum absolute atomic E-state index is 0.289. The number of benzene rings is 4. The summed E-state index contributed by atoms with van der Waals surface area (Å²) in [6, 6.07) is 20.7. The third-order valence-electron chi connectivity index (χ3n) is 5.80. The molecule has 3 heteroatoms. The Morgan fingerprint density at radius 1 is 0.606 bits per heavy atom. The predicted octanol–water partition coefficient (Wildman–Crippen LogP) is 8.45. The van der Waals surface area contributed by atoms with Crippen molar-refractivity contribution in [3.8, 4) is 23.0 Å². The molecule has 0 atom stereocenters. The number of rotatable bonds is 6. The zero-order valence-corrected chi connectivity index (χ0v) is 18.6. The van der Waals surface area contributed by atoms with E-state index in [0.29, 0.717) is 16.3 Å². The van der Waals surface area contributed by atoms with Crippen LogP contribution in [0.4, 0.5) is 13.2 Å². The lowest BCUT2D eigenvalue weighted by molar-refractivity contribution is 0.511. The van der Waals surface area contributed by atoms with Gasteiger partial charge >= 0.3 is 0 Å². The van der Waals surface area contributed by atoms with Crippen molar-refractivity contribution in [2.24, 2.45) is 0 Å². The molecule has 0 fully saturated rings. The SMILES string of the molecule is CCCCCCc1ccc(-c2ccc(C#Cc3ccc4cc(F)c(F)cc4c3)c(F)c2)cc1. The summed E-state index contributed by atoms with van der Waals surface area (Å²) in [7, 11) is 0. The van der Waals surface area contributed by atoms with Crippen LogP contribution in [0.15, 0.2) is 72.8 Å².